The third-order valence-electron chi connectivity index (χ3n) is 6.35. The smallest absolute Gasteiger partial charge is 0.417 e. The van der Waals surface area contributed by atoms with Gasteiger partial charge in [-0.25, -0.2) is 4.98 Å². The third-order valence-corrected chi connectivity index (χ3v) is 6.35. The molecular weight excluding hydrogens is 463 g/mol. The highest BCUT2D eigenvalue weighted by Gasteiger charge is 2.62. The quantitative estimate of drug-likeness (QED) is 0.432. The Morgan fingerprint density at radius 2 is 1.83 bits per heavy atom. The van der Waals surface area contributed by atoms with Crippen molar-refractivity contribution >= 4 is 11.5 Å². The summed E-state index contributed by atoms with van der Waals surface area (Å²) < 4.78 is 47.2. The summed E-state index contributed by atoms with van der Waals surface area (Å²) in [5.41, 5.74) is -2.20. The van der Waals surface area contributed by atoms with E-state index in [-0.39, 0.29) is 6.04 Å². The van der Waals surface area contributed by atoms with Crippen molar-refractivity contribution in [2.45, 2.75) is 68.9 Å². The van der Waals surface area contributed by atoms with E-state index in [9.17, 15) is 23.4 Å². The van der Waals surface area contributed by atoms with Gasteiger partial charge in [0.2, 0.25) is 0 Å². The zero-order chi connectivity index (χ0) is 25.0. The van der Waals surface area contributed by atoms with Crippen molar-refractivity contribution in [2.75, 3.05) is 5.32 Å². The van der Waals surface area contributed by atoms with Crippen molar-refractivity contribution in [1.29, 1.82) is 0 Å². The van der Waals surface area contributed by atoms with Crippen LogP contribution in [-0.2, 0) is 5.60 Å². The number of hydrogen-bond donors (Lipinski definition) is 3. The monoisotopic (exact) mass is 489 g/mol. The first-order chi connectivity index (χ1) is 16.4. The maximum Gasteiger partial charge on any atom is 0.417 e. The largest absolute Gasteiger partial charge is 0.454 e. The lowest BCUT2D eigenvalue weighted by molar-refractivity contribution is -0.291. The van der Waals surface area contributed by atoms with E-state index in [4.69, 9.17) is 4.74 Å². The van der Waals surface area contributed by atoms with E-state index in [1.54, 1.807) is 61.4 Å². The fourth-order valence-electron chi connectivity index (χ4n) is 4.12. The average Bonchev–Trinajstić information content (AvgIpc) is 3.52. The zero-order valence-corrected chi connectivity index (χ0v) is 19.3. The molecule has 0 atom stereocenters. The molecule has 35 heavy (non-hydrogen) atoms. The second-order valence-electron chi connectivity index (χ2n) is 9.82. The van der Waals surface area contributed by atoms with Crippen LogP contribution in [0.2, 0.25) is 0 Å². The zero-order valence-electron chi connectivity index (χ0n) is 19.3. The predicted molar refractivity (Wildman–Crippen MR) is 121 cm³/mol. The van der Waals surface area contributed by atoms with Gasteiger partial charge in [-0.1, -0.05) is 0 Å². The Balaban J connectivity index is 1.35. The Bertz CT molecular complexity index is 1230. The van der Waals surface area contributed by atoms with E-state index in [0.717, 1.165) is 12.8 Å². The number of nitrogens with zero attached hydrogens (tertiary/aromatic N) is 4. The average molecular weight is 489 g/mol. The predicted octanol–water partition coefficient (Wildman–Crippen LogP) is 4.94. The van der Waals surface area contributed by atoms with Crippen molar-refractivity contribution in [2.24, 2.45) is 0 Å². The summed E-state index contributed by atoms with van der Waals surface area (Å²) in [5, 5.41) is 27.7. The summed E-state index contributed by atoms with van der Waals surface area (Å²) in [6.07, 6.45) is 1.20. The fourth-order valence-corrected chi connectivity index (χ4v) is 4.12. The Hall–Kier alpha value is -3.18. The summed E-state index contributed by atoms with van der Waals surface area (Å²) in [7, 11) is 0. The summed E-state index contributed by atoms with van der Waals surface area (Å²) in [6, 6.07) is 6.98. The van der Waals surface area contributed by atoms with Crippen LogP contribution in [0.15, 0.2) is 42.9 Å². The number of pyridine rings is 2. The molecule has 186 valence electrons. The van der Waals surface area contributed by atoms with Crippen molar-refractivity contribution < 1.29 is 28.1 Å². The molecule has 0 saturated heterocycles. The summed E-state index contributed by atoms with van der Waals surface area (Å²) in [5.74, 6) is 0.729. The van der Waals surface area contributed by atoms with Crippen LogP contribution in [0.4, 0.5) is 24.7 Å². The second kappa shape index (κ2) is 8.20. The molecular formula is C24H26F3N5O3. The molecule has 0 aromatic carbocycles. The van der Waals surface area contributed by atoms with Crippen LogP contribution in [0.1, 0.15) is 62.9 Å². The molecule has 0 radical (unpaired) electrons. The van der Waals surface area contributed by atoms with Crippen LogP contribution in [0, 0.1) is 0 Å². The molecule has 8 nitrogen and oxygen atoms in total. The van der Waals surface area contributed by atoms with Crippen LogP contribution >= 0.6 is 0 Å². The molecule has 2 aliphatic rings. The summed E-state index contributed by atoms with van der Waals surface area (Å²) in [6.45, 7) is 3.28. The Morgan fingerprint density at radius 3 is 2.49 bits per heavy atom. The van der Waals surface area contributed by atoms with Gasteiger partial charge in [0.25, 0.3) is 0 Å². The lowest BCUT2D eigenvalue weighted by Crippen LogP contribution is -2.54. The highest BCUT2D eigenvalue weighted by Crippen LogP contribution is 2.54. The third kappa shape index (κ3) is 4.83. The molecule has 3 aromatic rings. The number of halogens is 3. The molecule has 0 bridgehead atoms. The minimum atomic E-state index is -4.67. The molecule has 2 aliphatic carbocycles. The Morgan fingerprint density at radius 1 is 1.11 bits per heavy atom. The van der Waals surface area contributed by atoms with Crippen molar-refractivity contribution in [3.8, 4) is 11.5 Å². The van der Waals surface area contributed by atoms with Crippen molar-refractivity contribution in [1.82, 2.24) is 19.7 Å². The van der Waals surface area contributed by atoms with Gasteiger partial charge < -0.3 is 20.3 Å². The molecule has 3 N–H and O–H groups in total. The number of ether oxygens (including phenoxy) is 1. The highest BCUT2D eigenvalue weighted by atomic mass is 19.4. The molecule has 2 saturated carbocycles. The first-order valence-corrected chi connectivity index (χ1v) is 11.4. The van der Waals surface area contributed by atoms with Crippen LogP contribution in [-0.4, -0.2) is 41.7 Å². The minimum Gasteiger partial charge on any atom is -0.454 e. The normalized spacial score (nSPS) is 22.5. The summed E-state index contributed by atoms with van der Waals surface area (Å²) in [4.78, 5) is 8.47. The molecule has 11 heteroatoms. The molecule has 0 unspecified atom stereocenters. The van der Waals surface area contributed by atoms with Crippen LogP contribution < -0.4 is 10.1 Å². The molecule has 3 heterocycles. The Kier molecular flexibility index (Phi) is 5.52. The topological polar surface area (TPSA) is 105 Å². The number of nitrogens with one attached hydrogen (secondary N) is 1. The van der Waals surface area contributed by atoms with Gasteiger partial charge in [-0.3, -0.25) is 9.67 Å². The van der Waals surface area contributed by atoms with Crippen LogP contribution in [0.25, 0.3) is 0 Å². The number of anilines is 2. The van der Waals surface area contributed by atoms with E-state index in [0.29, 0.717) is 34.4 Å². The maximum absolute atomic E-state index is 13.1. The van der Waals surface area contributed by atoms with Gasteiger partial charge in [-0.2, -0.15) is 18.3 Å². The minimum absolute atomic E-state index is 0.221. The van der Waals surface area contributed by atoms with Gasteiger partial charge in [0.1, 0.15) is 22.9 Å². The van der Waals surface area contributed by atoms with Gasteiger partial charge in [-0.15, -0.1) is 0 Å². The van der Waals surface area contributed by atoms with E-state index < -0.39 is 36.1 Å². The van der Waals surface area contributed by atoms with Gasteiger partial charge >= 0.3 is 6.18 Å². The summed E-state index contributed by atoms with van der Waals surface area (Å²) >= 11 is 0. The SMILES string of the molecule is CC(C)(O)c1cc(Nc2cc(Oc3cn(C4CC4)nc3C3CC(O)(C(F)(F)F)C3)ccn2)ccn1. The van der Waals surface area contributed by atoms with Crippen LogP contribution in [0.5, 0.6) is 11.5 Å². The molecule has 0 amide bonds. The standard InChI is InChI=1S/C24H26F3N5O3/c1-22(2,33)19-9-15(5-7-28-19)30-20-10-17(6-8-29-20)35-18-13-32(16-3-4-16)31-21(18)14-11-23(34,12-14)24(25,26)27/h5-10,13-14,16,33-34H,3-4,11-12H2,1-2H3,(H,28,29,30). The molecule has 2 fully saturated rings. The number of aliphatic hydroxyl groups is 2. The van der Waals surface area contributed by atoms with Gasteiger partial charge in [-0.05, 0) is 57.7 Å². The Labute approximate surface area is 199 Å². The lowest BCUT2D eigenvalue weighted by Gasteiger charge is -2.43. The maximum atomic E-state index is 13.1. The highest BCUT2D eigenvalue weighted by molar-refractivity contribution is 5.58. The molecule has 5 rings (SSSR count). The molecule has 3 aromatic heterocycles. The number of rotatable bonds is 7. The van der Waals surface area contributed by atoms with E-state index in [1.807, 2.05) is 0 Å². The van der Waals surface area contributed by atoms with Gasteiger partial charge in [0.05, 0.1) is 17.9 Å². The van der Waals surface area contributed by atoms with E-state index >= 15 is 0 Å². The second-order valence-corrected chi connectivity index (χ2v) is 9.82. The first-order valence-electron chi connectivity index (χ1n) is 11.4. The molecule has 0 aliphatic heterocycles. The lowest BCUT2D eigenvalue weighted by atomic mass is 9.69. The van der Waals surface area contributed by atoms with Gasteiger partial charge in [0, 0.05) is 30.1 Å². The van der Waals surface area contributed by atoms with E-state index in [1.165, 1.54) is 0 Å². The van der Waals surface area contributed by atoms with Crippen molar-refractivity contribution in [3.05, 3.63) is 54.2 Å². The first kappa shape index (κ1) is 23.6. The number of alkyl halides is 3. The fraction of sp³-hybridized carbons (Fsp3) is 0.458. The number of hydrogen-bond acceptors (Lipinski definition) is 7. The van der Waals surface area contributed by atoms with Crippen LogP contribution in [0.3, 0.4) is 0 Å². The van der Waals surface area contributed by atoms with Gasteiger partial charge in [0.15, 0.2) is 11.4 Å². The number of aromatic nitrogens is 4. The van der Waals surface area contributed by atoms with E-state index in [2.05, 4.69) is 20.4 Å². The molecule has 0 spiro atoms. The van der Waals surface area contributed by atoms with Crippen molar-refractivity contribution in [3.63, 3.8) is 0 Å².